The molecular weight excluding hydrogens is 472 g/mol. The summed E-state index contributed by atoms with van der Waals surface area (Å²) in [5.41, 5.74) is 1.88. The van der Waals surface area contributed by atoms with Crippen LogP contribution in [0.5, 0.6) is 5.75 Å². The van der Waals surface area contributed by atoms with Gasteiger partial charge in [-0.15, -0.1) is 11.3 Å². The SMILES string of the molecule is CNC(=O)c1cccc2c1nc(Nc1cccc(OCCN3CCOCC3)c1Cl)c1ccsc12. The molecule has 1 fully saturated rings. The number of nitrogens with zero attached hydrogens (tertiary/aromatic N) is 2. The lowest BCUT2D eigenvalue weighted by Crippen LogP contribution is -2.38. The van der Waals surface area contributed by atoms with Gasteiger partial charge in [0.1, 0.15) is 23.2 Å². The predicted octanol–water partition coefficient (Wildman–Crippen LogP) is 4.92. The number of hydrogen-bond donors (Lipinski definition) is 2. The highest BCUT2D eigenvalue weighted by Crippen LogP contribution is 2.38. The van der Waals surface area contributed by atoms with Gasteiger partial charge >= 0.3 is 0 Å². The summed E-state index contributed by atoms with van der Waals surface area (Å²) in [5.74, 6) is 1.09. The van der Waals surface area contributed by atoms with Crippen molar-refractivity contribution in [3.05, 3.63) is 58.4 Å². The second-order valence-electron chi connectivity index (χ2n) is 7.95. The molecule has 2 aromatic heterocycles. The van der Waals surface area contributed by atoms with Crippen molar-refractivity contribution < 1.29 is 14.3 Å². The normalized spacial score (nSPS) is 14.4. The van der Waals surface area contributed by atoms with E-state index in [1.165, 1.54) is 0 Å². The highest BCUT2D eigenvalue weighted by molar-refractivity contribution is 7.18. The number of nitrogens with one attached hydrogen (secondary N) is 2. The number of anilines is 2. The molecule has 1 aliphatic heterocycles. The summed E-state index contributed by atoms with van der Waals surface area (Å²) in [7, 11) is 1.62. The summed E-state index contributed by atoms with van der Waals surface area (Å²) in [4.78, 5) is 19.6. The lowest BCUT2D eigenvalue weighted by atomic mass is 10.1. The fourth-order valence-corrected chi connectivity index (χ4v) is 5.24. The van der Waals surface area contributed by atoms with Gasteiger partial charge in [-0.2, -0.15) is 0 Å². The Bertz CT molecular complexity index is 1340. The van der Waals surface area contributed by atoms with Crippen molar-refractivity contribution in [3.63, 3.8) is 0 Å². The molecule has 2 N–H and O–H groups in total. The number of morpholine rings is 1. The van der Waals surface area contributed by atoms with E-state index in [9.17, 15) is 4.79 Å². The minimum atomic E-state index is -0.173. The first-order valence-electron chi connectivity index (χ1n) is 11.2. The summed E-state index contributed by atoms with van der Waals surface area (Å²) in [6.45, 7) is 4.72. The Morgan fingerprint density at radius 1 is 1.18 bits per heavy atom. The zero-order valence-corrected chi connectivity index (χ0v) is 20.3. The van der Waals surface area contributed by atoms with Crippen molar-refractivity contribution >= 4 is 61.3 Å². The van der Waals surface area contributed by atoms with Gasteiger partial charge in [0.2, 0.25) is 0 Å². The third-order valence-electron chi connectivity index (χ3n) is 5.88. The molecule has 3 heterocycles. The molecule has 0 unspecified atom stereocenters. The van der Waals surface area contributed by atoms with Gasteiger partial charge in [-0.05, 0) is 29.6 Å². The van der Waals surface area contributed by atoms with Crippen LogP contribution < -0.4 is 15.4 Å². The molecule has 0 bridgehead atoms. The number of benzene rings is 2. The Morgan fingerprint density at radius 3 is 2.82 bits per heavy atom. The van der Waals surface area contributed by atoms with Crippen molar-refractivity contribution in [2.45, 2.75) is 0 Å². The Morgan fingerprint density at radius 2 is 2.00 bits per heavy atom. The Hall–Kier alpha value is -2.91. The Balaban J connectivity index is 1.44. The maximum Gasteiger partial charge on any atom is 0.253 e. The van der Waals surface area contributed by atoms with Crippen LogP contribution in [0.4, 0.5) is 11.5 Å². The number of amides is 1. The first-order chi connectivity index (χ1) is 16.7. The van der Waals surface area contributed by atoms with Gasteiger partial charge in [-0.3, -0.25) is 9.69 Å². The minimum absolute atomic E-state index is 0.173. The molecule has 4 aromatic rings. The third kappa shape index (κ3) is 4.54. The van der Waals surface area contributed by atoms with Crippen LogP contribution in [0.1, 0.15) is 10.4 Å². The van der Waals surface area contributed by atoms with Crippen LogP contribution in [0.3, 0.4) is 0 Å². The summed E-state index contributed by atoms with van der Waals surface area (Å²) < 4.78 is 12.5. The zero-order valence-electron chi connectivity index (χ0n) is 18.8. The largest absolute Gasteiger partial charge is 0.491 e. The summed E-state index contributed by atoms with van der Waals surface area (Å²) in [6, 6.07) is 13.4. The molecule has 1 amide bonds. The van der Waals surface area contributed by atoms with Crippen LogP contribution in [0, 0.1) is 0 Å². The van der Waals surface area contributed by atoms with Gasteiger partial charge in [0, 0.05) is 42.2 Å². The maximum atomic E-state index is 12.5. The number of para-hydroxylation sites is 1. The van der Waals surface area contributed by atoms with Crippen LogP contribution in [0.15, 0.2) is 47.8 Å². The highest BCUT2D eigenvalue weighted by Gasteiger charge is 2.17. The van der Waals surface area contributed by atoms with Crippen LogP contribution in [0.2, 0.25) is 5.02 Å². The van der Waals surface area contributed by atoms with Crippen molar-refractivity contribution in [3.8, 4) is 5.75 Å². The number of carbonyl (C=O) groups excluding carboxylic acids is 1. The molecule has 0 radical (unpaired) electrons. The predicted molar refractivity (Wildman–Crippen MR) is 138 cm³/mol. The van der Waals surface area contributed by atoms with E-state index in [4.69, 9.17) is 26.1 Å². The lowest BCUT2D eigenvalue weighted by Gasteiger charge is -2.26. The van der Waals surface area contributed by atoms with E-state index in [2.05, 4.69) is 15.5 Å². The fourth-order valence-electron chi connectivity index (χ4n) is 4.09. The molecular formula is C25H25ClN4O3S. The maximum absolute atomic E-state index is 12.5. The molecule has 9 heteroatoms. The van der Waals surface area contributed by atoms with E-state index in [0.717, 1.165) is 48.3 Å². The number of aromatic nitrogens is 1. The molecule has 176 valence electrons. The van der Waals surface area contributed by atoms with Gasteiger partial charge in [0.05, 0.1) is 30.0 Å². The first-order valence-corrected chi connectivity index (χ1v) is 12.4. The second kappa shape index (κ2) is 10.1. The van der Waals surface area contributed by atoms with E-state index < -0.39 is 0 Å². The average Bonchev–Trinajstić information content (AvgIpc) is 3.37. The van der Waals surface area contributed by atoms with Crippen LogP contribution >= 0.6 is 22.9 Å². The standard InChI is InChI=1S/C25H25ClN4O3S/c1-27-25(31)17-5-2-4-16-22(17)29-24(18-8-15-34-23(16)18)28-19-6-3-7-20(21(19)26)33-14-11-30-9-12-32-13-10-30/h2-8,15H,9-14H2,1H3,(H,27,31)(H,28,29). The van der Waals surface area contributed by atoms with E-state index in [1.54, 1.807) is 24.5 Å². The quantitative estimate of drug-likeness (QED) is 0.378. The number of carbonyl (C=O) groups is 1. The Kier molecular flexibility index (Phi) is 6.82. The summed E-state index contributed by atoms with van der Waals surface area (Å²) >= 11 is 8.34. The number of hydrogen-bond acceptors (Lipinski definition) is 7. The number of pyridine rings is 1. The lowest BCUT2D eigenvalue weighted by molar-refractivity contribution is 0.0322. The number of thiophene rings is 1. The third-order valence-corrected chi connectivity index (χ3v) is 7.22. The van der Waals surface area contributed by atoms with Crippen LogP contribution in [-0.4, -0.2) is 62.3 Å². The van der Waals surface area contributed by atoms with Crippen molar-refractivity contribution in [2.75, 3.05) is 51.8 Å². The number of ether oxygens (including phenoxy) is 2. The molecule has 1 saturated heterocycles. The zero-order chi connectivity index (χ0) is 23.5. The van der Waals surface area contributed by atoms with Crippen molar-refractivity contribution in [2.24, 2.45) is 0 Å². The number of fused-ring (bicyclic) bond motifs is 3. The Labute approximate surface area is 206 Å². The highest BCUT2D eigenvalue weighted by atomic mass is 35.5. The number of rotatable bonds is 7. The van der Waals surface area contributed by atoms with Crippen molar-refractivity contribution in [1.29, 1.82) is 0 Å². The molecule has 2 aromatic carbocycles. The van der Waals surface area contributed by atoms with Gasteiger partial charge in [0.15, 0.2) is 0 Å². The average molecular weight is 497 g/mol. The van der Waals surface area contributed by atoms with Crippen molar-refractivity contribution in [1.82, 2.24) is 15.2 Å². The molecule has 0 aliphatic carbocycles. The molecule has 0 atom stereocenters. The fraction of sp³-hybridized carbons (Fsp3) is 0.280. The monoisotopic (exact) mass is 496 g/mol. The molecule has 0 spiro atoms. The minimum Gasteiger partial charge on any atom is -0.491 e. The van der Waals surface area contributed by atoms with Crippen LogP contribution in [0.25, 0.3) is 21.0 Å². The van der Waals surface area contributed by atoms with Gasteiger partial charge in [-0.25, -0.2) is 4.98 Å². The summed E-state index contributed by atoms with van der Waals surface area (Å²) in [6.07, 6.45) is 0. The van der Waals surface area contributed by atoms with Crippen LogP contribution in [-0.2, 0) is 4.74 Å². The molecule has 0 saturated carbocycles. The van der Waals surface area contributed by atoms with E-state index >= 15 is 0 Å². The second-order valence-corrected chi connectivity index (χ2v) is 9.24. The first kappa shape index (κ1) is 22.9. The summed E-state index contributed by atoms with van der Waals surface area (Å²) in [5, 5.41) is 10.5. The molecule has 1 aliphatic rings. The van der Waals surface area contributed by atoms with Gasteiger partial charge in [-0.1, -0.05) is 29.8 Å². The van der Waals surface area contributed by atoms with Gasteiger partial charge < -0.3 is 20.1 Å². The number of halogens is 1. The van der Waals surface area contributed by atoms with E-state index in [0.29, 0.717) is 40.0 Å². The van der Waals surface area contributed by atoms with E-state index in [1.807, 2.05) is 41.8 Å². The topological polar surface area (TPSA) is 75.7 Å². The molecule has 7 nitrogen and oxygen atoms in total. The smallest absolute Gasteiger partial charge is 0.253 e. The van der Waals surface area contributed by atoms with E-state index in [-0.39, 0.29) is 5.91 Å². The van der Waals surface area contributed by atoms with Gasteiger partial charge in [0.25, 0.3) is 5.91 Å². The molecule has 34 heavy (non-hydrogen) atoms. The molecule has 5 rings (SSSR count).